The van der Waals surface area contributed by atoms with E-state index in [0.717, 1.165) is 0 Å². The zero-order valence-electron chi connectivity index (χ0n) is 9.87. The second kappa shape index (κ2) is 4.80. The lowest BCUT2D eigenvalue weighted by Crippen LogP contribution is -2.32. The van der Waals surface area contributed by atoms with Crippen molar-refractivity contribution in [1.29, 1.82) is 5.26 Å². The van der Waals surface area contributed by atoms with Crippen molar-refractivity contribution in [2.45, 2.75) is 20.8 Å². The molecule has 16 heavy (non-hydrogen) atoms. The minimum absolute atomic E-state index is 0.0717. The molecular weight excluding hydrogens is 200 g/mol. The van der Waals surface area contributed by atoms with Gasteiger partial charge in [-0.1, -0.05) is 20.8 Å². The van der Waals surface area contributed by atoms with E-state index < -0.39 is 0 Å². The first-order chi connectivity index (χ1) is 7.42. The number of nitrogens with zero attached hydrogens (tertiary/aromatic N) is 1. The van der Waals surface area contributed by atoms with E-state index in [1.54, 1.807) is 24.3 Å². The number of amides is 1. The van der Waals surface area contributed by atoms with E-state index in [9.17, 15) is 4.79 Å². The molecule has 0 saturated carbocycles. The van der Waals surface area contributed by atoms with Crippen molar-refractivity contribution in [2.75, 3.05) is 6.54 Å². The summed E-state index contributed by atoms with van der Waals surface area (Å²) in [6.45, 7) is 6.82. The minimum Gasteiger partial charge on any atom is -0.352 e. The zero-order valence-corrected chi connectivity index (χ0v) is 9.87. The highest BCUT2D eigenvalue weighted by molar-refractivity contribution is 5.94. The lowest BCUT2D eigenvalue weighted by molar-refractivity contribution is 0.0939. The molecule has 0 aromatic heterocycles. The molecule has 0 bridgehead atoms. The molecule has 0 fully saturated rings. The number of nitrogens with one attached hydrogen (secondary N) is 1. The summed E-state index contributed by atoms with van der Waals surface area (Å²) < 4.78 is 0. The molecular formula is C13H16N2O. The molecule has 0 atom stereocenters. The van der Waals surface area contributed by atoms with E-state index >= 15 is 0 Å². The Bertz CT molecular complexity index is 407. The van der Waals surface area contributed by atoms with Gasteiger partial charge in [0.05, 0.1) is 11.6 Å². The van der Waals surface area contributed by atoms with Crippen LogP contribution in [0, 0.1) is 16.7 Å². The largest absolute Gasteiger partial charge is 0.352 e. The van der Waals surface area contributed by atoms with Crippen molar-refractivity contribution >= 4 is 5.91 Å². The lowest BCUT2D eigenvalue weighted by Gasteiger charge is -2.18. The normalized spacial score (nSPS) is 10.6. The third kappa shape index (κ3) is 3.74. The molecule has 0 aliphatic heterocycles. The quantitative estimate of drug-likeness (QED) is 0.824. The molecule has 0 unspecified atom stereocenters. The Labute approximate surface area is 96.1 Å². The fraction of sp³-hybridized carbons (Fsp3) is 0.385. The Morgan fingerprint density at radius 2 is 1.88 bits per heavy atom. The van der Waals surface area contributed by atoms with Crippen LogP contribution in [0.25, 0.3) is 0 Å². The highest BCUT2D eigenvalue weighted by Crippen LogP contribution is 2.11. The molecule has 0 saturated heterocycles. The summed E-state index contributed by atoms with van der Waals surface area (Å²) in [6.07, 6.45) is 0. The Morgan fingerprint density at radius 1 is 1.31 bits per heavy atom. The van der Waals surface area contributed by atoms with Crippen molar-refractivity contribution in [3.05, 3.63) is 35.4 Å². The third-order valence-corrected chi connectivity index (χ3v) is 2.06. The van der Waals surface area contributed by atoms with Gasteiger partial charge in [-0.3, -0.25) is 4.79 Å². The fourth-order valence-electron chi connectivity index (χ4n) is 1.14. The molecule has 0 heterocycles. The summed E-state index contributed by atoms with van der Waals surface area (Å²) in [5, 5.41) is 11.5. The lowest BCUT2D eigenvalue weighted by atomic mass is 9.97. The van der Waals surface area contributed by atoms with Gasteiger partial charge in [0.25, 0.3) is 5.91 Å². The number of nitriles is 1. The average molecular weight is 216 g/mol. The van der Waals surface area contributed by atoms with E-state index in [0.29, 0.717) is 17.7 Å². The SMILES string of the molecule is CC(C)(C)CNC(=O)c1ccc(C#N)cc1. The van der Waals surface area contributed by atoms with Gasteiger partial charge in [-0.2, -0.15) is 5.26 Å². The van der Waals surface area contributed by atoms with Crippen molar-refractivity contribution in [3.8, 4) is 6.07 Å². The maximum atomic E-state index is 11.7. The van der Waals surface area contributed by atoms with Gasteiger partial charge in [0.2, 0.25) is 0 Å². The van der Waals surface area contributed by atoms with Crippen LogP contribution >= 0.6 is 0 Å². The van der Waals surface area contributed by atoms with Gasteiger partial charge in [-0.05, 0) is 29.7 Å². The molecule has 0 aliphatic carbocycles. The van der Waals surface area contributed by atoms with E-state index in [1.165, 1.54) is 0 Å². The van der Waals surface area contributed by atoms with Crippen LogP contribution in [0.15, 0.2) is 24.3 Å². The average Bonchev–Trinajstić information content (AvgIpc) is 2.25. The molecule has 84 valence electrons. The second-order valence-corrected chi connectivity index (χ2v) is 4.93. The Morgan fingerprint density at radius 3 is 2.31 bits per heavy atom. The fourth-order valence-corrected chi connectivity index (χ4v) is 1.14. The number of hydrogen-bond acceptors (Lipinski definition) is 2. The van der Waals surface area contributed by atoms with E-state index in [2.05, 4.69) is 26.1 Å². The van der Waals surface area contributed by atoms with Crippen LogP contribution in [-0.4, -0.2) is 12.5 Å². The standard InChI is InChI=1S/C13H16N2O/c1-13(2,3)9-15-12(16)11-6-4-10(8-14)5-7-11/h4-7H,9H2,1-3H3,(H,15,16). The van der Waals surface area contributed by atoms with Crippen molar-refractivity contribution in [2.24, 2.45) is 5.41 Å². The predicted molar refractivity (Wildman–Crippen MR) is 62.9 cm³/mol. The summed E-state index contributed by atoms with van der Waals surface area (Å²) in [4.78, 5) is 11.7. The predicted octanol–water partition coefficient (Wildman–Crippen LogP) is 2.33. The number of hydrogen-bond donors (Lipinski definition) is 1. The Hall–Kier alpha value is -1.82. The number of carbonyl (C=O) groups excluding carboxylic acids is 1. The summed E-state index contributed by atoms with van der Waals surface area (Å²) in [5.41, 5.74) is 1.22. The maximum absolute atomic E-state index is 11.7. The highest BCUT2D eigenvalue weighted by atomic mass is 16.1. The van der Waals surface area contributed by atoms with E-state index in [1.807, 2.05) is 6.07 Å². The molecule has 3 heteroatoms. The monoisotopic (exact) mass is 216 g/mol. The molecule has 1 aromatic carbocycles. The number of benzene rings is 1. The van der Waals surface area contributed by atoms with Gasteiger partial charge in [0, 0.05) is 12.1 Å². The summed E-state index contributed by atoms with van der Waals surface area (Å²) in [6, 6.07) is 8.63. The first-order valence-corrected chi connectivity index (χ1v) is 5.21. The van der Waals surface area contributed by atoms with E-state index in [4.69, 9.17) is 5.26 Å². The molecule has 1 N–H and O–H groups in total. The molecule has 0 radical (unpaired) electrons. The van der Waals surface area contributed by atoms with Crippen molar-refractivity contribution in [1.82, 2.24) is 5.32 Å². The van der Waals surface area contributed by atoms with Gasteiger partial charge < -0.3 is 5.32 Å². The molecule has 1 amide bonds. The van der Waals surface area contributed by atoms with Crippen LogP contribution < -0.4 is 5.32 Å². The van der Waals surface area contributed by atoms with Crippen LogP contribution in [-0.2, 0) is 0 Å². The van der Waals surface area contributed by atoms with Gasteiger partial charge in [-0.15, -0.1) is 0 Å². The van der Waals surface area contributed by atoms with Crippen LogP contribution in [0.2, 0.25) is 0 Å². The molecule has 1 rings (SSSR count). The summed E-state index contributed by atoms with van der Waals surface area (Å²) >= 11 is 0. The van der Waals surface area contributed by atoms with Gasteiger partial charge in [0.1, 0.15) is 0 Å². The topological polar surface area (TPSA) is 52.9 Å². The van der Waals surface area contributed by atoms with Crippen LogP contribution in [0.4, 0.5) is 0 Å². The maximum Gasteiger partial charge on any atom is 0.251 e. The van der Waals surface area contributed by atoms with Crippen molar-refractivity contribution < 1.29 is 4.79 Å². The van der Waals surface area contributed by atoms with E-state index in [-0.39, 0.29) is 11.3 Å². The summed E-state index contributed by atoms with van der Waals surface area (Å²) in [7, 11) is 0. The molecule has 0 spiro atoms. The van der Waals surface area contributed by atoms with Crippen LogP contribution in [0.1, 0.15) is 36.7 Å². The third-order valence-electron chi connectivity index (χ3n) is 2.06. The number of carbonyl (C=O) groups is 1. The molecule has 1 aromatic rings. The first-order valence-electron chi connectivity index (χ1n) is 5.21. The zero-order chi connectivity index (χ0) is 12.2. The second-order valence-electron chi connectivity index (χ2n) is 4.93. The molecule has 3 nitrogen and oxygen atoms in total. The number of rotatable bonds is 2. The van der Waals surface area contributed by atoms with Gasteiger partial charge in [0.15, 0.2) is 0 Å². The van der Waals surface area contributed by atoms with Crippen LogP contribution in [0.3, 0.4) is 0 Å². The minimum atomic E-state index is -0.0978. The van der Waals surface area contributed by atoms with Gasteiger partial charge >= 0.3 is 0 Å². The Balaban J connectivity index is 2.64. The van der Waals surface area contributed by atoms with Gasteiger partial charge in [-0.25, -0.2) is 0 Å². The van der Waals surface area contributed by atoms with Crippen molar-refractivity contribution in [3.63, 3.8) is 0 Å². The highest BCUT2D eigenvalue weighted by Gasteiger charge is 2.12. The summed E-state index contributed by atoms with van der Waals surface area (Å²) in [5.74, 6) is -0.0978. The Kier molecular flexibility index (Phi) is 3.68. The van der Waals surface area contributed by atoms with Crippen LogP contribution in [0.5, 0.6) is 0 Å². The first kappa shape index (κ1) is 12.3. The smallest absolute Gasteiger partial charge is 0.251 e. The molecule has 0 aliphatic rings.